The second kappa shape index (κ2) is 6.17. The lowest BCUT2D eigenvalue weighted by molar-refractivity contribution is -0.137. The Morgan fingerprint density at radius 2 is 2.00 bits per heavy atom. The fourth-order valence-electron chi connectivity index (χ4n) is 1.67. The third-order valence-corrected chi connectivity index (χ3v) is 4.01. The van der Waals surface area contributed by atoms with Crippen LogP contribution < -0.4 is 10.0 Å². The van der Waals surface area contributed by atoms with Gasteiger partial charge in [0.2, 0.25) is 10.0 Å². The Bertz CT molecular complexity index is 322. The highest BCUT2D eigenvalue weighted by Crippen LogP contribution is 2.05. The summed E-state index contributed by atoms with van der Waals surface area (Å²) in [6, 6.07) is -0.00363. The number of carbonyl (C=O) groups is 1. The number of piperidine rings is 1. The lowest BCUT2D eigenvalue weighted by Crippen LogP contribution is -2.43. The van der Waals surface area contributed by atoms with Crippen molar-refractivity contribution in [2.24, 2.45) is 0 Å². The van der Waals surface area contributed by atoms with E-state index in [9.17, 15) is 13.2 Å². The largest absolute Gasteiger partial charge is 0.481 e. The molecular formula is C9H18N2O4S. The van der Waals surface area contributed by atoms with Crippen molar-refractivity contribution in [1.82, 2.24) is 10.0 Å². The predicted octanol–water partition coefficient (Wildman–Crippen LogP) is -0.477. The highest BCUT2D eigenvalue weighted by molar-refractivity contribution is 7.89. The van der Waals surface area contributed by atoms with Crippen LogP contribution >= 0.6 is 0 Å². The van der Waals surface area contributed by atoms with Gasteiger partial charge in [-0.05, 0) is 32.4 Å². The number of sulfonamides is 1. The van der Waals surface area contributed by atoms with E-state index in [2.05, 4.69) is 10.0 Å². The predicted molar refractivity (Wildman–Crippen MR) is 59.7 cm³/mol. The molecule has 0 spiro atoms. The van der Waals surface area contributed by atoms with Crippen LogP contribution in [0, 0.1) is 0 Å². The summed E-state index contributed by atoms with van der Waals surface area (Å²) in [6.07, 6.45) is 1.64. The molecule has 0 radical (unpaired) electrons. The molecule has 0 aliphatic carbocycles. The van der Waals surface area contributed by atoms with Gasteiger partial charge in [-0.2, -0.15) is 0 Å². The molecule has 0 aromatic heterocycles. The van der Waals surface area contributed by atoms with Gasteiger partial charge >= 0.3 is 5.97 Å². The van der Waals surface area contributed by atoms with Crippen LogP contribution in [0.1, 0.15) is 25.7 Å². The minimum Gasteiger partial charge on any atom is -0.481 e. The van der Waals surface area contributed by atoms with Gasteiger partial charge in [0.15, 0.2) is 0 Å². The Hall–Kier alpha value is -0.660. The van der Waals surface area contributed by atoms with Gasteiger partial charge in [0.05, 0.1) is 5.75 Å². The quantitative estimate of drug-likeness (QED) is 0.592. The first-order valence-electron chi connectivity index (χ1n) is 5.42. The van der Waals surface area contributed by atoms with Gasteiger partial charge in [0, 0.05) is 12.5 Å². The van der Waals surface area contributed by atoms with Crippen LogP contribution in [0.3, 0.4) is 0 Å². The zero-order valence-corrected chi connectivity index (χ0v) is 9.92. The number of nitrogens with one attached hydrogen (secondary N) is 2. The molecule has 0 aromatic carbocycles. The van der Waals surface area contributed by atoms with Crippen molar-refractivity contribution in [2.45, 2.75) is 31.7 Å². The van der Waals surface area contributed by atoms with E-state index in [1.165, 1.54) is 0 Å². The standard InChI is InChI=1S/C9H18N2O4S/c12-9(13)2-1-7-16(14,15)11-8-3-5-10-6-4-8/h8,10-11H,1-7H2,(H,12,13). The molecule has 1 aliphatic heterocycles. The summed E-state index contributed by atoms with van der Waals surface area (Å²) in [5, 5.41) is 11.6. The van der Waals surface area contributed by atoms with Crippen LogP contribution in [-0.2, 0) is 14.8 Å². The maximum absolute atomic E-state index is 11.6. The SMILES string of the molecule is O=C(O)CCCS(=O)(=O)NC1CCNCC1. The summed E-state index contributed by atoms with van der Waals surface area (Å²) in [5.41, 5.74) is 0. The maximum Gasteiger partial charge on any atom is 0.303 e. The molecule has 0 unspecified atom stereocenters. The van der Waals surface area contributed by atoms with Crippen molar-refractivity contribution < 1.29 is 18.3 Å². The third kappa shape index (κ3) is 5.43. The first-order valence-corrected chi connectivity index (χ1v) is 7.07. The summed E-state index contributed by atoms with van der Waals surface area (Å²) in [4.78, 5) is 10.3. The first-order chi connectivity index (χ1) is 7.49. The molecular weight excluding hydrogens is 232 g/mol. The van der Waals surface area contributed by atoms with E-state index < -0.39 is 16.0 Å². The Morgan fingerprint density at radius 1 is 1.38 bits per heavy atom. The Morgan fingerprint density at radius 3 is 2.56 bits per heavy atom. The molecule has 1 saturated heterocycles. The minimum absolute atomic E-state index is 0.00363. The van der Waals surface area contributed by atoms with Crippen molar-refractivity contribution in [3.8, 4) is 0 Å². The van der Waals surface area contributed by atoms with Crippen molar-refractivity contribution in [1.29, 1.82) is 0 Å². The van der Waals surface area contributed by atoms with E-state index in [-0.39, 0.29) is 24.6 Å². The van der Waals surface area contributed by atoms with Gasteiger partial charge in [0.25, 0.3) is 0 Å². The molecule has 1 heterocycles. The molecule has 0 atom stereocenters. The molecule has 1 fully saturated rings. The second-order valence-corrected chi connectivity index (χ2v) is 5.83. The summed E-state index contributed by atoms with van der Waals surface area (Å²) >= 11 is 0. The molecule has 0 aromatic rings. The van der Waals surface area contributed by atoms with E-state index in [0.717, 1.165) is 25.9 Å². The van der Waals surface area contributed by atoms with Crippen molar-refractivity contribution >= 4 is 16.0 Å². The van der Waals surface area contributed by atoms with Gasteiger partial charge in [-0.3, -0.25) is 4.79 Å². The molecule has 94 valence electrons. The van der Waals surface area contributed by atoms with E-state index in [1.54, 1.807) is 0 Å². The van der Waals surface area contributed by atoms with Crippen molar-refractivity contribution in [3.05, 3.63) is 0 Å². The van der Waals surface area contributed by atoms with Gasteiger partial charge in [-0.15, -0.1) is 0 Å². The smallest absolute Gasteiger partial charge is 0.303 e. The maximum atomic E-state index is 11.6. The Kier molecular flexibility index (Phi) is 5.17. The van der Waals surface area contributed by atoms with E-state index in [0.29, 0.717) is 0 Å². The topological polar surface area (TPSA) is 95.5 Å². The molecule has 1 aliphatic rings. The number of aliphatic carboxylic acids is 1. The summed E-state index contributed by atoms with van der Waals surface area (Å²) in [6.45, 7) is 1.64. The van der Waals surface area contributed by atoms with Crippen molar-refractivity contribution in [3.63, 3.8) is 0 Å². The number of hydrogen-bond acceptors (Lipinski definition) is 4. The first kappa shape index (κ1) is 13.4. The van der Waals surface area contributed by atoms with Crippen LogP contribution in [0.2, 0.25) is 0 Å². The van der Waals surface area contributed by atoms with Gasteiger partial charge in [0.1, 0.15) is 0 Å². The van der Waals surface area contributed by atoms with E-state index in [1.807, 2.05) is 0 Å². The molecule has 16 heavy (non-hydrogen) atoms. The van der Waals surface area contributed by atoms with Crippen molar-refractivity contribution in [2.75, 3.05) is 18.8 Å². The lowest BCUT2D eigenvalue weighted by Gasteiger charge is -2.23. The zero-order valence-electron chi connectivity index (χ0n) is 9.11. The number of carboxylic acids is 1. The number of carboxylic acid groups (broad SMARTS) is 1. The monoisotopic (exact) mass is 250 g/mol. The number of hydrogen-bond donors (Lipinski definition) is 3. The molecule has 0 amide bonds. The summed E-state index contributed by atoms with van der Waals surface area (Å²) < 4.78 is 25.7. The highest BCUT2D eigenvalue weighted by Gasteiger charge is 2.19. The second-order valence-electron chi connectivity index (χ2n) is 3.96. The van der Waals surface area contributed by atoms with E-state index >= 15 is 0 Å². The summed E-state index contributed by atoms with van der Waals surface area (Å²) in [7, 11) is -3.32. The molecule has 0 bridgehead atoms. The Balaban J connectivity index is 2.29. The molecule has 1 rings (SSSR count). The average molecular weight is 250 g/mol. The minimum atomic E-state index is -3.32. The molecule has 7 heteroatoms. The van der Waals surface area contributed by atoms with E-state index in [4.69, 9.17) is 5.11 Å². The Labute approximate surface area is 95.5 Å². The van der Waals surface area contributed by atoms with Crippen LogP contribution in [0.4, 0.5) is 0 Å². The molecule has 6 nitrogen and oxygen atoms in total. The van der Waals surface area contributed by atoms with Crippen LogP contribution in [0.25, 0.3) is 0 Å². The van der Waals surface area contributed by atoms with Crippen LogP contribution in [-0.4, -0.2) is 44.4 Å². The molecule has 3 N–H and O–H groups in total. The highest BCUT2D eigenvalue weighted by atomic mass is 32.2. The van der Waals surface area contributed by atoms with Gasteiger partial charge in [-0.1, -0.05) is 0 Å². The van der Waals surface area contributed by atoms with Gasteiger partial charge < -0.3 is 10.4 Å². The van der Waals surface area contributed by atoms with Gasteiger partial charge in [-0.25, -0.2) is 13.1 Å². The average Bonchev–Trinajstić information content (AvgIpc) is 2.17. The molecule has 0 saturated carbocycles. The fourth-order valence-corrected chi connectivity index (χ4v) is 3.05. The van der Waals surface area contributed by atoms with Crippen LogP contribution in [0.15, 0.2) is 0 Å². The lowest BCUT2D eigenvalue weighted by atomic mass is 10.1. The zero-order chi connectivity index (χ0) is 12.0. The number of rotatable bonds is 6. The van der Waals surface area contributed by atoms with Crippen LogP contribution in [0.5, 0.6) is 0 Å². The summed E-state index contributed by atoms with van der Waals surface area (Å²) in [5.74, 6) is -1.07. The third-order valence-electron chi connectivity index (χ3n) is 2.49. The normalized spacial score (nSPS) is 18.5. The fraction of sp³-hybridized carbons (Fsp3) is 0.889.